The molecule has 0 amide bonds. The number of benzene rings is 1. The molecule has 0 bridgehead atoms. The van der Waals surface area contributed by atoms with E-state index in [4.69, 9.17) is 0 Å². The van der Waals surface area contributed by atoms with Gasteiger partial charge in [-0.3, -0.25) is 0 Å². The Bertz CT molecular complexity index is 397. The summed E-state index contributed by atoms with van der Waals surface area (Å²) in [6, 6.07) is 5.92. The molecular formula is C13H18BrNO2. The molecule has 2 N–H and O–H groups in total. The quantitative estimate of drug-likeness (QED) is 0.879. The first-order chi connectivity index (χ1) is 8.11. The number of anilines is 1. The van der Waals surface area contributed by atoms with Gasteiger partial charge in [-0.2, -0.15) is 0 Å². The van der Waals surface area contributed by atoms with Crippen LogP contribution in [0.3, 0.4) is 0 Å². The zero-order valence-corrected chi connectivity index (χ0v) is 11.5. The summed E-state index contributed by atoms with van der Waals surface area (Å²) in [5.74, 6) is 0.272. The van der Waals surface area contributed by atoms with Crippen molar-refractivity contribution in [2.45, 2.75) is 26.1 Å². The van der Waals surface area contributed by atoms with E-state index >= 15 is 0 Å². The largest absolute Gasteiger partial charge is 0.393 e. The van der Waals surface area contributed by atoms with Crippen molar-refractivity contribution >= 4 is 21.6 Å². The van der Waals surface area contributed by atoms with Gasteiger partial charge in [0.2, 0.25) is 0 Å². The summed E-state index contributed by atoms with van der Waals surface area (Å²) in [7, 11) is 0. The van der Waals surface area contributed by atoms with E-state index in [1.165, 1.54) is 0 Å². The molecule has 2 unspecified atom stereocenters. The molecule has 1 aliphatic rings. The second-order valence-electron chi connectivity index (χ2n) is 4.71. The van der Waals surface area contributed by atoms with Crippen LogP contribution in [-0.2, 0) is 6.61 Å². The molecule has 17 heavy (non-hydrogen) atoms. The minimum absolute atomic E-state index is 0.0516. The zero-order chi connectivity index (χ0) is 12.4. The van der Waals surface area contributed by atoms with Gasteiger partial charge in [-0.25, -0.2) is 0 Å². The lowest BCUT2D eigenvalue weighted by molar-refractivity contribution is 0.0970. The molecule has 0 saturated carbocycles. The first-order valence-corrected chi connectivity index (χ1v) is 6.73. The molecule has 1 fully saturated rings. The minimum atomic E-state index is -0.198. The van der Waals surface area contributed by atoms with E-state index in [9.17, 15) is 10.2 Å². The molecule has 1 aliphatic heterocycles. The van der Waals surface area contributed by atoms with Gasteiger partial charge in [-0.1, -0.05) is 28.9 Å². The van der Waals surface area contributed by atoms with Gasteiger partial charge in [0.15, 0.2) is 0 Å². The molecule has 94 valence electrons. The molecule has 1 aromatic rings. The highest BCUT2D eigenvalue weighted by Gasteiger charge is 2.25. The topological polar surface area (TPSA) is 43.7 Å². The van der Waals surface area contributed by atoms with Crippen LogP contribution < -0.4 is 4.90 Å². The lowest BCUT2D eigenvalue weighted by Gasteiger charge is -2.37. The Labute approximate surface area is 110 Å². The molecule has 0 aliphatic carbocycles. The van der Waals surface area contributed by atoms with Crippen LogP contribution >= 0.6 is 15.9 Å². The van der Waals surface area contributed by atoms with Gasteiger partial charge in [0.05, 0.1) is 12.7 Å². The number of aliphatic hydroxyl groups is 2. The molecule has 3 nitrogen and oxygen atoms in total. The van der Waals surface area contributed by atoms with Crippen LogP contribution in [0.5, 0.6) is 0 Å². The number of hydrogen-bond acceptors (Lipinski definition) is 3. The van der Waals surface area contributed by atoms with E-state index in [2.05, 4.69) is 27.8 Å². The number of hydrogen-bond donors (Lipinski definition) is 2. The smallest absolute Gasteiger partial charge is 0.0702 e. The third-order valence-electron chi connectivity index (χ3n) is 3.42. The highest BCUT2D eigenvalue weighted by atomic mass is 79.9. The van der Waals surface area contributed by atoms with Crippen molar-refractivity contribution in [3.63, 3.8) is 0 Å². The minimum Gasteiger partial charge on any atom is -0.393 e. The summed E-state index contributed by atoms with van der Waals surface area (Å²) in [4.78, 5) is 2.24. The van der Waals surface area contributed by atoms with Crippen LogP contribution in [0.25, 0.3) is 0 Å². The van der Waals surface area contributed by atoms with Crippen molar-refractivity contribution in [3.8, 4) is 0 Å². The maximum absolute atomic E-state index is 9.74. The average molecular weight is 300 g/mol. The predicted octanol–water partition coefficient (Wildman–Crippen LogP) is 2.15. The SMILES string of the molecule is CC1CN(c2cc(Br)ccc2CO)CCC1O. The fraction of sp³-hybridized carbons (Fsp3) is 0.538. The summed E-state index contributed by atoms with van der Waals surface area (Å²) in [6.45, 7) is 3.79. The highest BCUT2D eigenvalue weighted by Crippen LogP contribution is 2.29. The third-order valence-corrected chi connectivity index (χ3v) is 3.91. The zero-order valence-electron chi connectivity index (χ0n) is 9.93. The Morgan fingerprint density at radius 3 is 2.88 bits per heavy atom. The molecule has 1 aromatic carbocycles. The van der Waals surface area contributed by atoms with Crippen molar-refractivity contribution < 1.29 is 10.2 Å². The summed E-state index contributed by atoms with van der Waals surface area (Å²) in [5, 5.41) is 19.1. The molecular weight excluding hydrogens is 282 g/mol. The first kappa shape index (κ1) is 12.9. The average Bonchev–Trinajstić information content (AvgIpc) is 2.32. The summed E-state index contributed by atoms with van der Waals surface area (Å²) >= 11 is 3.46. The lowest BCUT2D eigenvalue weighted by Crippen LogP contribution is -2.42. The van der Waals surface area contributed by atoms with Crippen molar-refractivity contribution in [2.24, 2.45) is 5.92 Å². The molecule has 4 heteroatoms. The van der Waals surface area contributed by atoms with Gasteiger partial charge in [0.1, 0.15) is 0 Å². The Hall–Kier alpha value is -0.580. The first-order valence-electron chi connectivity index (χ1n) is 5.94. The van der Waals surface area contributed by atoms with E-state index in [0.717, 1.165) is 35.2 Å². The van der Waals surface area contributed by atoms with Crippen LogP contribution in [0.15, 0.2) is 22.7 Å². The maximum atomic E-state index is 9.74. The van der Waals surface area contributed by atoms with Crippen LogP contribution in [0, 0.1) is 5.92 Å². The fourth-order valence-electron chi connectivity index (χ4n) is 2.32. The monoisotopic (exact) mass is 299 g/mol. The van der Waals surface area contributed by atoms with Crippen molar-refractivity contribution in [1.82, 2.24) is 0 Å². The number of halogens is 1. The molecule has 0 aromatic heterocycles. The van der Waals surface area contributed by atoms with Crippen LogP contribution in [0.1, 0.15) is 18.9 Å². The van der Waals surface area contributed by atoms with Crippen molar-refractivity contribution in [2.75, 3.05) is 18.0 Å². The van der Waals surface area contributed by atoms with E-state index in [0.29, 0.717) is 0 Å². The molecule has 1 saturated heterocycles. The second kappa shape index (κ2) is 5.38. The Morgan fingerprint density at radius 2 is 2.24 bits per heavy atom. The van der Waals surface area contributed by atoms with Gasteiger partial charge < -0.3 is 15.1 Å². The van der Waals surface area contributed by atoms with Crippen LogP contribution in [-0.4, -0.2) is 29.4 Å². The predicted molar refractivity (Wildman–Crippen MR) is 72.1 cm³/mol. The summed E-state index contributed by atoms with van der Waals surface area (Å²) < 4.78 is 1.02. The van der Waals surface area contributed by atoms with E-state index in [-0.39, 0.29) is 18.6 Å². The second-order valence-corrected chi connectivity index (χ2v) is 5.63. The van der Waals surface area contributed by atoms with Gasteiger partial charge in [0.25, 0.3) is 0 Å². The number of nitrogens with zero attached hydrogens (tertiary/aromatic N) is 1. The normalized spacial score (nSPS) is 25.1. The van der Waals surface area contributed by atoms with Crippen LogP contribution in [0.2, 0.25) is 0 Å². The standard InChI is InChI=1S/C13H18BrNO2/c1-9-7-15(5-4-13(9)17)12-6-11(14)3-2-10(12)8-16/h2-3,6,9,13,16-17H,4-5,7-8H2,1H3. The lowest BCUT2D eigenvalue weighted by atomic mass is 9.96. The highest BCUT2D eigenvalue weighted by molar-refractivity contribution is 9.10. The third kappa shape index (κ3) is 2.81. The molecule has 2 rings (SSSR count). The summed E-state index contributed by atoms with van der Waals surface area (Å²) in [5.41, 5.74) is 2.01. The van der Waals surface area contributed by atoms with Gasteiger partial charge in [-0.15, -0.1) is 0 Å². The Balaban J connectivity index is 2.24. The summed E-state index contributed by atoms with van der Waals surface area (Å²) in [6.07, 6.45) is 0.592. The molecule has 1 heterocycles. The van der Waals surface area contributed by atoms with Gasteiger partial charge in [-0.05, 0) is 24.5 Å². The van der Waals surface area contributed by atoms with Gasteiger partial charge in [0, 0.05) is 28.8 Å². The van der Waals surface area contributed by atoms with E-state index in [1.807, 2.05) is 18.2 Å². The van der Waals surface area contributed by atoms with Crippen molar-refractivity contribution in [3.05, 3.63) is 28.2 Å². The maximum Gasteiger partial charge on any atom is 0.0702 e. The number of aliphatic hydroxyl groups excluding tert-OH is 2. The van der Waals surface area contributed by atoms with E-state index < -0.39 is 0 Å². The van der Waals surface area contributed by atoms with Crippen LogP contribution in [0.4, 0.5) is 5.69 Å². The van der Waals surface area contributed by atoms with Gasteiger partial charge >= 0.3 is 0 Å². The Morgan fingerprint density at radius 1 is 1.47 bits per heavy atom. The van der Waals surface area contributed by atoms with Crippen molar-refractivity contribution in [1.29, 1.82) is 0 Å². The number of piperidine rings is 1. The Kier molecular flexibility index (Phi) is 4.07. The molecule has 0 spiro atoms. The molecule has 2 atom stereocenters. The fourth-order valence-corrected chi connectivity index (χ4v) is 2.67. The van der Waals surface area contributed by atoms with E-state index in [1.54, 1.807) is 0 Å². The molecule has 0 radical (unpaired) electrons. The number of rotatable bonds is 2.